The van der Waals surface area contributed by atoms with Gasteiger partial charge in [0.15, 0.2) is 5.16 Å². The van der Waals surface area contributed by atoms with Crippen LogP contribution in [0.5, 0.6) is 0 Å². The molecule has 32 heavy (non-hydrogen) atoms. The second kappa shape index (κ2) is 10.0. The number of anilines is 2. The molecule has 9 nitrogen and oxygen atoms in total. The van der Waals surface area contributed by atoms with Gasteiger partial charge in [-0.2, -0.15) is 0 Å². The minimum Gasteiger partial charge on any atom is -0.326 e. The summed E-state index contributed by atoms with van der Waals surface area (Å²) in [7, 11) is -3.85. The Morgan fingerprint density at radius 2 is 1.41 bits per heavy atom. The van der Waals surface area contributed by atoms with Gasteiger partial charge in [0, 0.05) is 40.6 Å². The molecule has 3 aromatic rings. The van der Waals surface area contributed by atoms with E-state index in [9.17, 15) is 13.2 Å². The lowest BCUT2D eigenvalue weighted by Gasteiger charge is -2.09. The molecule has 0 aliphatic carbocycles. The van der Waals surface area contributed by atoms with Crippen molar-refractivity contribution in [2.45, 2.75) is 44.2 Å². The highest BCUT2D eigenvalue weighted by atomic mass is 32.2. The number of sulfonamides is 1. The number of hydrogen-bond donors (Lipinski definition) is 2. The smallest absolute Gasteiger partial charge is 0.264 e. The van der Waals surface area contributed by atoms with Crippen LogP contribution in [0.15, 0.2) is 46.5 Å². The number of hydrogen-bond acceptors (Lipinski definition) is 8. The van der Waals surface area contributed by atoms with Crippen LogP contribution in [0.4, 0.5) is 11.6 Å². The summed E-state index contributed by atoms with van der Waals surface area (Å²) in [4.78, 5) is 29.1. The zero-order chi connectivity index (χ0) is 23.3. The Morgan fingerprint density at radius 3 is 1.97 bits per heavy atom. The summed E-state index contributed by atoms with van der Waals surface area (Å²) in [6, 6.07) is 9.55. The standard InChI is InChI=1S/C21H24N6O3S2/c1-13-11-14(2)23-20(22-13)27-32(29,30)18-7-5-17(6-8-18)26-19(28)9-10-31-21-24-15(3)12-16(4)25-21/h5-8,11-12H,9-10H2,1-4H3,(H,26,28)(H,22,23,27). The average Bonchev–Trinajstić information content (AvgIpc) is 2.66. The molecule has 0 spiro atoms. The van der Waals surface area contributed by atoms with Gasteiger partial charge in [0.05, 0.1) is 4.90 Å². The van der Waals surface area contributed by atoms with Crippen LogP contribution in [0.2, 0.25) is 0 Å². The van der Waals surface area contributed by atoms with E-state index >= 15 is 0 Å². The molecule has 3 rings (SSSR count). The van der Waals surface area contributed by atoms with Crippen molar-refractivity contribution in [2.24, 2.45) is 0 Å². The van der Waals surface area contributed by atoms with Gasteiger partial charge >= 0.3 is 0 Å². The maximum atomic E-state index is 12.6. The summed E-state index contributed by atoms with van der Waals surface area (Å²) >= 11 is 1.41. The van der Waals surface area contributed by atoms with Gasteiger partial charge in [-0.3, -0.25) is 4.79 Å². The predicted octanol–water partition coefficient (Wildman–Crippen LogP) is 3.42. The van der Waals surface area contributed by atoms with Gasteiger partial charge in [0.1, 0.15) is 0 Å². The van der Waals surface area contributed by atoms with Gasteiger partial charge in [-0.15, -0.1) is 0 Å². The van der Waals surface area contributed by atoms with Crippen molar-refractivity contribution in [1.82, 2.24) is 19.9 Å². The van der Waals surface area contributed by atoms with E-state index in [1.54, 1.807) is 19.9 Å². The van der Waals surface area contributed by atoms with Crippen molar-refractivity contribution in [3.63, 3.8) is 0 Å². The van der Waals surface area contributed by atoms with Crippen molar-refractivity contribution in [1.29, 1.82) is 0 Å². The molecule has 11 heteroatoms. The van der Waals surface area contributed by atoms with Gasteiger partial charge in [-0.1, -0.05) is 11.8 Å². The number of thioether (sulfide) groups is 1. The first-order valence-corrected chi connectivity index (χ1v) is 12.3. The number of rotatable bonds is 8. The van der Waals surface area contributed by atoms with Gasteiger partial charge in [0.25, 0.3) is 10.0 Å². The second-order valence-electron chi connectivity index (χ2n) is 7.18. The quantitative estimate of drug-likeness (QED) is 0.377. The fourth-order valence-corrected chi connectivity index (χ4v) is 4.72. The van der Waals surface area contributed by atoms with E-state index in [0.29, 0.717) is 28.0 Å². The number of nitrogens with zero attached hydrogens (tertiary/aromatic N) is 4. The van der Waals surface area contributed by atoms with E-state index in [0.717, 1.165) is 11.4 Å². The number of carbonyl (C=O) groups excluding carboxylic acids is 1. The zero-order valence-electron chi connectivity index (χ0n) is 18.2. The molecule has 1 aromatic carbocycles. The minimum absolute atomic E-state index is 0.0187. The van der Waals surface area contributed by atoms with E-state index in [-0.39, 0.29) is 23.2 Å². The lowest BCUT2D eigenvalue weighted by molar-refractivity contribution is -0.115. The fraction of sp³-hybridized carbons (Fsp3) is 0.286. The summed E-state index contributed by atoms with van der Waals surface area (Å²) in [5.41, 5.74) is 3.60. The molecule has 0 aliphatic heterocycles. The third kappa shape index (κ3) is 6.72. The lowest BCUT2D eigenvalue weighted by Crippen LogP contribution is -2.16. The van der Waals surface area contributed by atoms with Crippen LogP contribution in [0.3, 0.4) is 0 Å². The van der Waals surface area contributed by atoms with E-state index in [4.69, 9.17) is 0 Å². The first-order chi connectivity index (χ1) is 15.1. The molecule has 0 aliphatic rings. The van der Waals surface area contributed by atoms with Crippen LogP contribution < -0.4 is 10.0 Å². The first-order valence-electron chi connectivity index (χ1n) is 9.81. The largest absolute Gasteiger partial charge is 0.326 e. The van der Waals surface area contributed by atoms with Gasteiger partial charge in [0.2, 0.25) is 11.9 Å². The SMILES string of the molecule is Cc1cc(C)nc(NS(=O)(=O)c2ccc(NC(=O)CCSc3nc(C)cc(C)n3)cc2)n1. The van der Waals surface area contributed by atoms with E-state index in [1.165, 1.54) is 36.0 Å². The molecule has 0 saturated carbocycles. The van der Waals surface area contributed by atoms with Crippen LogP contribution in [0.1, 0.15) is 29.2 Å². The first kappa shape index (κ1) is 23.6. The van der Waals surface area contributed by atoms with Crippen molar-refractivity contribution in [3.8, 4) is 0 Å². The summed E-state index contributed by atoms with van der Waals surface area (Å²) in [5.74, 6) is 0.366. The number of carbonyl (C=O) groups is 1. The monoisotopic (exact) mass is 472 g/mol. The molecule has 2 N–H and O–H groups in total. The van der Waals surface area contributed by atoms with Crippen LogP contribution in [0, 0.1) is 27.7 Å². The predicted molar refractivity (Wildman–Crippen MR) is 124 cm³/mol. The number of amides is 1. The van der Waals surface area contributed by atoms with Crippen molar-refractivity contribution in [3.05, 3.63) is 59.2 Å². The molecule has 0 atom stereocenters. The fourth-order valence-electron chi connectivity index (χ4n) is 2.88. The van der Waals surface area contributed by atoms with E-state index in [1.807, 2.05) is 19.9 Å². The number of benzene rings is 1. The third-order valence-corrected chi connectivity index (χ3v) is 6.37. The summed E-state index contributed by atoms with van der Waals surface area (Å²) in [6.45, 7) is 7.33. The highest BCUT2D eigenvalue weighted by molar-refractivity contribution is 7.99. The average molecular weight is 473 g/mol. The molecule has 0 fully saturated rings. The minimum atomic E-state index is -3.85. The van der Waals surface area contributed by atoms with E-state index < -0.39 is 10.0 Å². The van der Waals surface area contributed by atoms with Gasteiger partial charge in [-0.05, 0) is 64.1 Å². The van der Waals surface area contributed by atoms with E-state index in [2.05, 4.69) is 30.0 Å². The van der Waals surface area contributed by atoms with Crippen LogP contribution in [-0.2, 0) is 14.8 Å². The molecule has 168 valence electrons. The number of nitrogens with one attached hydrogen (secondary N) is 2. The Hall–Kier alpha value is -3.05. The number of aryl methyl sites for hydroxylation is 4. The highest BCUT2D eigenvalue weighted by Gasteiger charge is 2.16. The van der Waals surface area contributed by atoms with Crippen molar-refractivity contribution < 1.29 is 13.2 Å². The topological polar surface area (TPSA) is 127 Å². The highest BCUT2D eigenvalue weighted by Crippen LogP contribution is 2.18. The second-order valence-corrected chi connectivity index (χ2v) is 9.93. The molecule has 0 unspecified atom stereocenters. The van der Waals surface area contributed by atoms with Crippen LogP contribution >= 0.6 is 11.8 Å². The molecule has 2 aromatic heterocycles. The molecule has 0 saturated heterocycles. The maximum absolute atomic E-state index is 12.6. The summed E-state index contributed by atoms with van der Waals surface area (Å²) in [6.07, 6.45) is 0.271. The van der Waals surface area contributed by atoms with Crippen LogP contribution in [0.25, 0.3) is 0 Å². The van der Waals surface area contributed by atoms with Gasteiger partial charge < -0.3 is 5.32 Å². The Labute approximate surface area is 191 Å². The number of aromatic nitrogens is 4. The Kier molecular flexibility index (Phi) is 7.41. The lowest BCUT2D eigenvalue weighted by atomic mass is 10.3. The third-order valence-electron chi connectivity index (χ3n) is 4.18. The zero-order valence-corrected chi connectivity index (χ0v) is 19.8. The summed E-state index contributed by atoms with van der Waals surface area (Å²) < 4.78 is 27.6. The Balaban J connectivity index is 1.55. The summed E-state index contributed by atoms with van der Waals surface area (Å²) in [5, 5.41) is 3.40. The molecule has 2 heterocycles. The Bertz CT molecular complexity index is 1190. The molecular weight excluding hydrogens is 448 g/mol. The maximum Gasteiger partial charge on any atom is 0.264 e. The Morgan fingerprint density at radius 1 is 0.875 bits per heavy atom. The van der Waals surface area contributed by atoms with Crippen molar-refractivity contribution in [2.75, 3.05) is 15.8 Å². The molecular formula is C21H24N6O3S2. The molecule has 1 amide bonds. The molecule has 0 radical (unpaired) electrons. The van der Waals surface area contributed by atoms with Gasteiger partial charge in [-0.25, -0.2) is 33.1 Å². The normalized spacial score (nSPS) is 11.2. The van der Waals surface area contributed by atoms with Crippen LogP contribution in [-0.4, -0.2) is 40.0 Å². The molecule has 0 bridgehead atoms. The van der Waals surface area contributed by atoms with Crippen molar-refractivity contribution >= 4 is 39.3 Å².